The molecule has 1 atom stereocenters. The van der Waals surface area contributed by atoms with E-state index in [1.165, 1.54) is 38.1 Å². The van der Waals surface area contributed by atoms with Crippen LogP contribution in [0.15, 0.2) is 28.8 Å². The minimum absolute atomic E-state index is 0.0869. The van der Waals surface area contributed by atoms with Crippen LogP contribution in [0.3, 0.4) is 0 Å². The highest BCUT2D eigenvalue weighted by atomic mass is 32.2. The van der Waals surface area contributed by atoms with Crippen molar-refractivity contribution in [2.24, 2.45) is 0 Å². The average molecular weight is 500 g/mol. The lowest BCUT2D eigenvalue weighted by Gasteiger charge is -2.27. The van der Waals surface area contributed by atoms with Gasteiger partial charge >= 0.3 is 0 Å². The van der Waals surface area contributed by atoms with Gasteiger partial charge in [0, 0.05) is 31.7 Å². The van der Waals surface area contributed by atoms with Gasteiger partial charge in [-0.1, -0.05) is 32.9 Å². The van der Waals surface area contributed by atoms with Gasteiger partial charge in [-0.15, -0.1) is 0 Å². The van der Waals surface area contributed by atoms with Crippen molar-refractivity contribution in [2.45, 2.75) is 65.6 Å². The normalized spacial score (nSPS) is 11.9. The number of nitrogens with one attached hydrogen (secondary N) is 2. The van der Waals surface area contributed by atoms with E-state index in [-0.39, 0.29) is 22.7 Å². The first-order valence-electron chi connectivity index (χ1n) is 11.0. The van der Waals surface area contributed by atoms with Crippen LogP contribution in [-0.4, -0.2) is 49.9 Å². The number of hydrogen-bond donors (Lipinski definition) is 2. The monoisotopic (exact) mass is 499 g/mol. The van der Waals surface area contributed by atoms with Crippen LogP contribution in [-0.2, 0) is 14.6 Å². The van der Waals surface area contributed by atoms with Crippen LogP contribution in [0, 0.1) is 18.2 Å². The number of carbonyl (C=O) groups is 1. The molecule has 0 aliphatic rings. The van der Waals surface area contributed by atoms with Crippen LogP contribution in [0.25, 0.3) is 0 Å². The third-order valence-corrected chi connectivity index (χ3v) is 7.71. The van der Waals surface area contributed by atoms with Crippen molar-refractivity contribution in [1.29, 1.82) is 5.41 Å². The predicted octanol–water partition coefficient (Wildman–Crippen LogP) is 5.39. The summed E-state index contributed by atoms with van der Waals surface area (Å²) in [4.78, 5) is 12.2. The van der Waals surface area contributed by atoms with E-state index in [2.05, 4.69) is 15.2 Å². The lowest BCUT2D eigenvalue weighted by molar-refractivity contribution is 0.101. The number of benzene rings is 1. The van der Waals surface area contributed by atoms with Gasteiger partial charge in [0.1, 0.15) is 16.3 Å². The van der Waals surface area contributed by atoms with E-state index in [4.69, 9.17) is 9.93 Å². The van der Waals surface area contributed by atoms with Gasteiger partial charge in [-0.05, 0) is 56.9 Å². The van der Waals surface area contributed by atoms with Gasteiger partial charge in [0.2, 0.25) is 0 Å². The Hall–Kier alpha value is -2.59. The number of anilines is 1. The van der Waals surface area contributed by atoms with Crippen molar-refractivity contribution in [3.8, 4) is 0 Å². The minimum atomic E-state index is -3.71. The second-order valence-corrected chi connectivity index (χ2v) is 10.5. The van der Waals surface area contributed by atoms with Crippen molar-refractivity contribution in [3.63, 3.8) is 0 Å². The zero-order valence-electron chi connectivity index (χ0n) is 21.6. The second-order valence-electron chi connectivity index (χ2n) is 7.95. The van der Waals surface area contributed by atoms with Crippen molar-refractivity contribution in [2.75, 3.05) is 25.3 Å². The highest BCUT2D eigenvalue weighted by Crippen LogP contribution is 2.29. The Balaban J connectivity index is 0.00000201. The number of aromatic nitrogens is 1. The Kier molecular flexibility index (Phi) is 12.9. The van der Waals surface area contributed by atoms with E-state index in [0.717, 1.165) is 0 Å². The van der Waals surface area contributed by atoms with Crippen LogP contribution in [0.2, 0.25) is 0 Å². The molecule has 2 N–H and O–H groups in total. The molecule has 1 amide bonds. The number of hydrogen-bond acceptors (Lipinski definition) is 7. The molecule has 0 saturated heterocycles. The molecule has 2 aromatic rings. The van der Waals surface area contributed by atoms with E-state index < -0.39 is 32.2 Å². The Morgan fingerprint density at radius 3 is 2.29 bits per heavy atom. The molecule has 0 saturated carbocycles. The van der Waals surface area contributed by atoms with Crippen LogP contribution in [0.5, 0.6) is 0 Å². The van der Waals surface area contributed by atoms with Crippen molar-refractivity contribution >= 4 is 27.1 Å². The average Bonchev–Trinajstić information content (AvgIpc) is 3.22. The van der Waals surface area contributed by atoms with E-state index >= 15 is 0 Å². The molecule has 1 unspecified atom stereocenters. The maximum absolute atomic E-state index is 14.4. The van der Waals surface area contributed by atoms with Gasteiger partial charge in [-0.3, -0.25) is 4.79 Å². The van der Waals surface area contributed by atoms with E-state index in [1.807, 2.05) is 13.8 Å². The fraction of sp³-hybridized carbons (Fsp3) is 0.542. The fourth-order valence-electron chi connectivity index (χ4n) is 2.91. The number of rotatable bonds is 8. The maximum Gasteiger partial charge on any atom is 0.277 e. The summed E-state index contributed by atoms with van der Waals surface area (Å²) in [6.07, 6.45) is 0.317. The Morgan fingerprint density at radius 1 is 1.26 bits per heavy atom. The summed E-state index contributed by atoms with van der Waals surface area (Å²) in [5.74, 6) is -1.59. The highest BCUT2D eigenvalue weighted by molar-refractivity contribution is 7.93. The molecular formula is C24H38FN3O5S. The van der Waals surface area contributed by atoms with Gasteiger partial charge in [0.25, 0.3) is 5.91 Å². The van der Waals surface area contributed by atoms with Gasteiger partial charge in [0.15, 0.2) is 15.5 Å². The Labute approximate surface area is 202 Å². The molecule has 10 heteroatoms. The first-order chi connectivity index (χ1) is 15.8. The minimum Gasteiger partial charge on any atom is -0.388 e. The summed E-state index contributed by atoms with van der Waals surface area (Å²) in [5.41, 5.74) is 0.677. The first-order valence-corrected chi connectivity index (χ1v) is 12.7. The molecule has 0 bridgehead atoms. The summed E-state index contributed by atoms with van der Waals surface area (Å²) in [6, 6.07) is 5.46. The summed E-state index contributed by atoms with van der Waals surface area (Å²) >= 11 is 0. The molecule has 1 aromatic heterocycles. The number of nitrogens with zero attached hydrogens (tertiary/aromatic N) is 1. The SMILES string of the molecule is CC.CCC(=N)C(C)(C)S(=O)(=O)CC(C)c1cc(NC(=O)c2cc(C)on2)ccc1F.COC. The summed E-state index contributed by atoms with van der Waals surface area (Å²) in [5, 5.41) is 14.2. The van der Waals surface area contributed by atoms with Crippen LogP contribution in [0.1, 0.15) is 75.7 Å². The van der Waals surface area contributed by atoms with E-state index in [1.54, 1.807) is 35.0 Å². The Bertz CT molecular complexity index is 1050. The zero-order valence-corrected chi connectivity index (χ0v) is 22.4. The third kappa shape index (κ3) is 8.32. The zero-order chi connectivity index (χ0) is 26.7. The molecule has 0 spiro atoms. The second kappa shape index (κ2) is 14.0. The standard InChI is InChI=1S/C20H26FN3O4S.C2H6O.C2H6/c1-6-18(22)20(4,5)29(26,27)11-12(2)15-10-14(7-8-16(15)21)23-19(25)17-9-13(3)28-24-17;1-3-2;1-2/h7-10,12,22H,6,11H2,1-5H3,(H,23,25);1-2H3;1-2H3. The topological polar surface area (TPSA) is 122 Å². The summed E-state index contributed by atoms with van der Waals surface area (Å²) in [7, 11) is -0.462. The van der Waals surface area contributed by atoms with Crippen LogP contribution >= 0.6 is 0 Å². The van der Waals surface area contributed by atoms with Crippen molar-refractivity contribution < 1.29 is 26.9 Å². The van der Waals surface area contributed by atoms with Crippen molar-refractivity contribution in [1.82, 2.24) is 5.16 Å². The largest absolute Gasteiger partial charge is 0.388 e. The number of sulfone groups is 1. The molecule has 8 nitrogen and oxygen atoms in total. The number of aryl methyl sites for hydroxylation is 1. The number of methoxy groups -OCH3 is 1. The van der Waals surface area contributed by atoms with Crippen molar-refractivity contribution in [3.05, 3.63) is 47.1 Å². The molecule has 2 rings (SSSR count). The molecule has 0 aliphatic heterocycles. The third-order valence-electron chi connectivity index (χ3n) is 4.97. The molecule has 0 radical (unpaired) electrons. The molecule has 34 heavy (non-hydrogen) atoms. The van der Waals surface area contributed by atoms with Gasteiger partial charge in [-0.25, -0.2) is 12.8 Å². The Morgan fingerprint density at radius 2 is 1.82 bits per heavy atom. The van der Waals surface area contributed by atoms with Gasteiger partial charge in [-0.2, -0.15) is 0 Å². The molecule has 1 aromatic carbocycles. The molecule has 192 valence electrons. The number of halogens is 1. The quantitative estimate of drug-likeness (QED) is 0.470. The molecule has 0 fully saturated rings. The van der Waals surface area contributed by atoms with Crippen LogP contribution in [0.4, 0.5) is 10.1 Å². The molecule has 1 heterocycles. The maximum atomic E-state index is 14.4. The summed E-state index contributed by atoms with van der Waals surface area (Å²) < 4.78 is 47.9. The van der Waals surface area contributed by atoms with Crippen LogP contribution < -0.4 is 5.32 Å². The molecule has 0 aliphatic carbocycles. The fourth-order valence-corrected chi connectivity index (χ4v) is 4.68. The lowest BCUT2D eigenvalue weighted by Crippen LogP contribution is -2.42. The van der Waals surface area contributed by atoms with E-state index in [0.29, 0.717) is 17.9 Å². The van der Waals surface area contributed by atoms with Gasteiger partial charge < -0.3 is 20.0 Å². The highest BCUT2D eigenvalue weighted by Gasteiger charge is 2.38. The predicted molar refractivity (Wildman–Crippen MR) is 134 cm³/mol. The number of amides is 1. The smallest absolute Gasteiger partial charge is 0.277 e. The number of carbonyl (C=O) groups excluding carboxylic acids is 1. The van der Waals surface area contributed by atoms with E-state index in [9.17, 15) is 17.6 Å². The van der Waals surface area contributed by atoms with Gasteiger partial charge in [0.05, 0.1) is 5.75 Å². The number of ether oxygens (including phenoxy) is 1. The first kappa shape index (κ1) is 31.4. The lowest BCUT2D eigenvalue weighted by atomic mass is 10.0. The summed E-state index contributed by atoms with van der Waals surface area (Å²) in [6.45, 7) is 12.0. The molecular weight excluding hydrogens is 461 g/mol.